The Morgan fingerprint density at radius 3 is 1.27 bits per heavy atom. The van der Waals surface area contributed by atoms with Gasteiger partial charge in [-0.1, -0.05) is 146 Å². The van der Waals surface area contributed by atoms with Crippen molar-refractivity contribution in [1.29, 1.82) is 0 Å². The van der Waals surface area contributed by atoms with Crippen LogP contribution >= 0.6 is 0 Å². The summed E-state index contributed by atoms with van der Waals surface area (Å²) in [5.41, 5.74) is 3.46. The molecule has 2 fully saturated rings. The van der Waals surface area contributed by atoms with Gasteiger partial charge in [0.05, 0.1) is 49.7 Å². The van der Waals surface area contributed by atoms with Crippen LogP contribution < -0.4 is 0 Å². The van der Waals surface area contributed by atoms with Crippen LogP contribution in [0.4, 0.5) is 0 Å². The van der Waals surface area contributed by atoms with E-state index in [9.17, 15) is 14.4 Å². The largest absolute Gasteiger partial charge is 0.452 e. The van der Waals surface area contributed by atoms with Gasteiger partial charge in [-0.3, -0.25) is 0 Å². The quantitative estimate of drug-likeness (QED) is 0.0570. The lowest BCUT2D eigenvalue weighted by Crippen LogP contribution is -2.63. The molecule has 6 aromatic carbocycles. The zero-order chi connectivity index (χ0) is 46.2. The number of rotatable bonds is 19. The SMILES string of the molecule is CO[C@H]1O[C@H](CO[C@@H]2OC[C@@H](OCc3ccccc3)[C@H](OCc3ccccc3)[C@H]2OCc2ccccc2)[C@@H](OC(=O)c2ccccc2)[C@H](OC(=O)c2ccccc2)[C@H]1OC(=O)c1ccccc1. The molecule has 0 unspecified atom stereocenters. The highest BCUT2D eigenvalue weighted by molar-refractivity contribution is 5.91. The number of esters is 3. The summed E-state index contributed by atoms with van der Waals surface area (Å²) in [5, 5.41) is 0. The molecule has 13 nitrogen and oxygen atoms in total. The second-order valence-corrected chi connectivity index (χ2v) is 15.9. The van der Waals surface area contributed by atoms with Crippen LogP contribution in [0.25, 0.3) is 0 Å². The maximum Gasteiger partial charge on any atom is 0.338 e. The lowest BCUT2D eigenvalue weighted by Gasteiger charge is -2.45. The molecule has 0 amide bonds. The van der Waals surface area contributed by atoms with Crippen molar-refractivity contribution in [2.45, 2.75) is 75.1 Å². The zero-order valence-electron chi connectivity index (χ0n) is 36.9. The Morgan fingerprint density at radius 1 is 0.433 bits per heavy atom. The molecule has 0 aromatic heterocycles. The van der Waals surface area contributed by atoms with Crippen molar-refractivity contribution in [2.24, 2.45) is 0 Å². The summed E-state index contributed by atoms with van der Waals surface area (Å²) >= 11 is 0. The van der Waals surface area contributed by atoms with E-state index in [0.717, 1.165) is 16.7 Å². The molecule has 0 spiro atoms. The average Bonchev–Trinajstić information content (AvgIpc) is 3.39. The molecule has 6 aromatic rings. The highest BCUT2D eigenvalue weighted by atomic mass is 16.7. The maximum atomic E-state index is 14.0. The van der Waals surface area contributed by atoms with E-state index in [1.807, 2.05) is 91.0 Å². The van der Waals surface area contributed by atoms with E-state index in [1.165, 1.54) is 7.11 Å². The molecule has 2 aliphatic heterocycles. The van der Waals surface area contributed by atoms with Gasteiger partial charge in [0.15, 0.2) is 30.9 Å². The number of hydrogen-bond donors (Lipinski definition) is 0. The van der Waals surface area contributed by atoms with Gasteiger partial charge in [-0.05, 0) is 53.1 Å². The lowest BCUT2D eigenvalue weighted by atomic mass is 9.97. The van der Waals surface area contributed by atoms with E-state index < -0.39 is 73.2 Å². The van der Waals surface area contributed by atoms with E-state index in [2.05, 4.69) is 0 Å². The van der Waals surface area contributed by atoms with Crippen LogP contribution in [-0.2, 0) is 67.2 Å². The number of methoxy groups -OCH3 is 1. The monoisotopic (exact) mass is 908 g/mol. The van der Waals surface area contributed by atoms with Gasteiger partial charge >= 0.3 is 17.9 Å². The Kier molecular flexibility index (Phi) is 16.7. The molecular weight excluding hydrogens is 857 g/mol. The second-order valence-electron chi connectivity index (χ2n) is 15.9. The number of carbonyl (C=O) groups is 3. The minimum atomic E-state index is -1.48. The number of hydrogen-bond acceptors (Lipinski definition) is 13. The molecule has 0 aliphatic carbocycles. The van der Waals surface area contributed by atoms with Crippen LogP contribution in [0.5, 0.6) is 0 Å². The predicted molar refractivity (Wildman–Crippen MR) is 243 cm³/mol. The summed E-state index contributed by atoms with van der Waals surface area (Å²) < 4.78 is 63.8. The van der Waals surface area contributed by atoms with Crippen LogP contribution in [0.2, 0.25) is 0 Å². The summed E-state index contributed by atoms with van der Waals surface area (Å²) in [6.45, 7) is 0.460. The van der Waals surface area contributed by atoms with Crippen LogP contribution in [0.1, 0.15) is 47.8 Å². The first-order valence-corrected chi connectivity index (χ1v) is 22.1. The summed E-state index contributed by atoms with van der Waals surface area (Å²) in [7, 11) is 1.36. The van der Waals surface area contributed by atoms with Gasteiger partial charge in [0, 0.05) is 7.11 Å². The van der Waals surface area contributed by atoms with Gasteiger partial charge in [-0.25, -0.2) is 14.4 Å². The lowest BCUT2D eigenvalue weighted by molar-refractivity contribution is -0.325. The molecule has 9 atom stereocenters. The molecule has 0 bridgehead atoms. The third-order valence-corrected chi connectivity index (χ3v) is 11.3. The normalized spacial score (nSPS) is 23.7. The zero-order valence-corrected chi connectivity index (χ0v) is 36.9. The predicted octanol–water partition coefficient (Wildman–Crippen LogP) is 8.16. The third-order valence-electron chi connectivity index (χ3n) is 11.3. The van der Waals surface area contributed by atoms with Crippen molar-refractivity contribution in [2.75, 3.05) is 20.3 Å². The fourth-order valence-corrected chi connectivity index (χ4v) is 7.81. The molecule has 0 radical (unpaired) electrons. The van der Waals surface area contributed by atoms with Crippen LogP contribution in [0.3, 0.4) is 0 Å². The van der Waals surface area contributed by atoms with Crippen molar-refractivity contribution < 1.29 is 61.8 Å². The molecule has 2 saturated heterocycles. The first-order valence-electron chi connectivity index (χ1n) is 22.1. The standard InChI is InChI=1S/C54H52O13/c1-58-53-49(67-52(57)42-30-18-7-19-31-42)47(66-51(56)41-28-16-6-17-29-41)46(65-50(55)40-26-14-5-15-27-40)44(64-53)36-63-54-48(61-34-39-24-12-4-13-25-39)45(60-33-38-22-10-3-11-23-38)43(35-62-54)59-32-37-20-8-2-9-21-37/h2-31,43-49,53-54H,32-36H2,1H3/t43-,44-,45+,46-,47+,48-,49-,53+,54+/m1/s1. The van der Waals surface area contributed by atoms with Crippen LogP contribution in [0.15, 0.2) is 182 Å². The summed E-state index contributed by atoms with van der Waals surface area (Å²) in [4.78, 5) is 41.7. The van der Waals surface area contributed by atoms with Crippen LogP contribution in [0, 0.1) is 0 Å². The van der Waals surface area contributed by atoms with E-state index in [4.69, 9.17) is 47.4 Å². The molecule has 2 heterocycles. The van der Waals surface area contributed by atoms with Gasteiger partial charge < -0.3 is 47.4 Å². The van der Waals surface area contributed by atoms with Crippen molar-refractivity contribution in [1.82, 2.24) is 0 Å². The summed E-state index contributed by atoms with van der Waals surface area (Å²) in [5.74, 6) is -2.28. The second kappa shape index (κ2) is 23.8. The first kappa shape index (κ1) is 47.0. The van der Waals surface area contributed by atoms with Crippen molar-refractivity contribution in [3.05, 3.63) is 215 Å². The van der Waals surface area contributed by atoms with Crippen LogP contribution in [-0.4, -0.2) is 93.5 Å². The molecule has 0 N–H and O–H groups in total. The van der Waals surface area contributed by atoms with Gasteiger partial charge in [0.2, 0.25) is 0 Å². The third kappa shape index (κ3) is 12.7. The van der Waals surface area contributed by atoms with Gasteiger partial charge in [-0.15, -0.1) is 0 Å². The molecule has 0 saturated carbocycles. The van der Waals surface area contributed by atoms with Crippen molar-refractivity contribution in [3.63, 3.8) is 0 Å². The highest BCUT2D eigenvalue weighted by Gasteiger charge is 2.54. The minimum Gasteiger partial charge on any atom is -0.452 e. The Hall–Kier alpha value is -6.55. The maximum absolute atomic E-state index is 14.0. The Labute approximate surface area is 389 Å². The topological polar surface area (TPSA) is 144 Å². The number of ether oxygens (including phenoxy) is 10. The fraction of sp³-hybridized carbons (Fsp3) is 0.278. The summed E-state index contributed by atoms with van der Waals surface area (Å²) in [6, 6.07) is 54.1. The number of carbonyl (C=O) groups excluding carboxylic acids is 3. The smallest absolute Gasteiger partial charge is 0.338 e. The van der Waals surface area contributed by atoms with E-state index in [1.54, 1.807) is 91.0 Å². The van der Waals surface area contributed by atoms with E-state index in [0.29, 0.717) is 6.61 Å². The molecular formula is C54H52O13. The minimum absolute atomic E-state index is 0.0651. The average molecular weight is 909 g/mol. The fourth-order valence-electron chi connectivity index (χ4n) is 7.81. The van der Waals surface area contributed by atoms with Gasteiger partial charge in [0.25, 0.3) is 0 Å². The van der Waals surface area contributed by atoms with E-state index >= 15 is 0 Å². The molecule has 8 rings (SSSR count). The first-order chi connectivity index (χ1) is 32.9. The summed E-state index contributed by atoms with van der Waals surface area (Å²) in [6.07, 6.45) is -10.1. The Balaban J connectivity index is 1.11. The molecule has 346 valence electrons. The van der Waals surface area contributed by atoms with Gasteiger partial charge in [-0.2, -0.15) is 0 Å². The Bertz CT molecular complexity index is 2430. The Morgan fingerprint density at radius 2 is 0.821 bits per heavy atom. The van der Waals surface area contributed by atoms with Crippen molar-refractivity contribution in [3.8, 4) is 0 Å². The molecule has 13 heteroatoms. The van der Waals surface area contributed by atoms with Gasteiger partial charge in [0.1, 0.15) is 24.4 Å². The molecule has 2 aliphatic rings. The molecule has 67 heavy (non-hydrogen) atoms. The van der Waals surface area contributed by atoms with E-state index in [-0.39, 0.29) is 43.1 Å². The van der Waals surface area contributed by atoms with Crippen molar-refractivity contribution >= 4 is 17.9 Å². The highest BCUT2D eigenvalue weighted by Crippen LogP contribution is 2.33. The number of benzene rings is 6.